The molecule has 0 aliphatic carbocycles. The molecule has 0 aliphatic rings. The maximum atomic E-state index is 9.68. The van der Waals surface area contributed by atoms with Crippen LogP contribution in [0.5, 0.6) is 0 Å². The number of rotatable bonds is 0. The van der Waals surface area contributed by atoms with Crippen molar-refractivity contribution in [3.05, 3.63) is 0 Å². The maximum Gasteiger partial charge on any atom is 1.00 e. The summed E-state index contributed by atoms with van der Waals surface area (Å²) >= 11 is 0. The summed E-state index contributed by atoms with van der Waals surface area (Å²) in [7, 11) is 0. The van der Waals surface area contributed by atoms with Crippen LogP contribution < -0.4 is 56.5 Å². The van der Waals surface area contributed by atoms with E-state index in [1.807, 2.05) is 0 Å². The fourth-order valence-electron chi connectivity index (χ4n) is 0.250. The molecule has 0 aromatic rings. The molecule has 0 spiro atoms. The van der Waals surface area contributed by atoms with Crippen LogP contribution in [0.3, 0.4) is 0 Å². The quantitative estimate of drug-likeness (QED) is 0.280. The van der Waals surface area contributed by atoms with Gasteiger partial charge in [0.05, 0.1) is 0 Å². The molecule has 0 rings (SSSR count). The van der Waals surface area contributed by atoms with Gasteiger partial charge >= 0.3 is 51.4 Å². The Balaban J connectivity index is 0. The summed E-state index contributed by atoms with van der Waals surface area (Å²) in [5.41, 5.74) is -0.640. The number of carboxylic acid groups (broad SMARTS) is 1. The summed E-state index contributed by atoms with van der Waals surface area (Å²) in [6.45, 7) is 4.92. The first-order chi connectivity index (χ1) is 3.42. The largest absolute Gasteiger partial charge is 1.00 e. The molecule has 3 nitrogen and oxygen atoms in total. The molecule has 0 unspecified atom stereocenters. The Morgan fingerprint density at radius 3 is 1.78 bits per heavy atom. The molecule has 0 bridgehead atoms. The van der Waals surface area contributed by atoms with Gasteiger partial charge in [-0.2, -0.15) is 0 Å². The van der Waals surface area contributed by atoms with E-state index in [4.69, 9.17) is 0 Å². The van der Waals surface area contributed by atoms with E-state index in [9.17, 15) is 9.90 Å². The molecule has 0 saturated heterocycles. The molecule has 4 heteroatoms. The number of ether oxygens (including phenoxy) is 1. The van der Waals surface area contributed by atoms with Crippen molar-refractivity contribution in [2.24, 2.45) is 0 Å². The molecule has 0 atom stereocenters. The molecule has 0 radical (unpaired) electrons. The first kappa shape index (κ1) is 12.6. The van der Waals surface area contributed by atoms with E-state index in [-0.39, 0.29) is 51.4 Å². The summed E-state index contributed by atoms with van der Waals surface area (Å²) in [5.74, 6) is 0. The Labute approximate surface area is 97.2 Å². The zero-order chi connectivity index (χ0) is 6.78. The minimum Gasteiger partial charge on any atom is -0.544 e. The fraction of sp³-hybridized carbons (Fsp3) is 0.800. The number of carbonyl (C=O) groups is 1. The molecule has 0 saturated carbocycles. The van der Waals surface area contributed by atoms with Crippen LogP contribution in [0.1, 0.15) is 20.8 Å². The van der Waals surface area contributed by atoms with Crippen LogP contribution in [0, 0.1) is 0 Å². The SMILES string of the molecule is CC(C)(C)OC(=O)[O-].[K+]. The molecule has 0 N–H and O–H groups in total. The topological polar surface area (TPSA) is 49.4 Å². The summed E-state index contributed by atoms with van der Waals surface area (Å²) in [5, 5.41) is 9.68. The van der Waals surface area contributed by atoms with Gasteiger partial charge in [0.25, 0.3) is 6.16 Å². The molecular weight excluding hydrogens is 147 g/mol. The van der Waals surface area contributed by atoms with Crippen LogP contribution in [-0.4, -0.2) is 11.8 Å². The van der Waals surface area contributed by atoms with E-state index < -0.39 is 11.8 Å². The predicted octanol–water partition coefficient (Wildman–Crippen LogP) is -2.85. The second-order valence-electron chi connectivity index (χ2n) is 2.46. The van der Waals surface area contributed by atoms with Crippen LogP contribution in [0.2, 0.25) is 0 Å². The second-order valence-corrected chi connectivity index (χ2v) is 2.46. The van der Waals surface area contributed by atoms with Crippen molar-refractivity contribution in [1.82, 2.24) is 0 Å². The zero-order valence-electron chi connectivity index (χ0n) is 6.22. The van der Waals surface area contributed by atoms with E-state index in [1.54, 1.807) is 20.8 Å². The first-order valence-corrected chi connectivity index (χ1v) is 2.32. The van der Waals surface area contributed by atoms with Gasteiger partial charge in [-0.15, -0.1) is 0 Å². The number of hydrogen-bond donors (Lipinski definition) is 0. The average molecular weight is 156 g/mol. The van der Waals surface area contributed by atoms with E-state index in [0.717, 1.165) is 0 Å². The van der Waals surface area contributed by atoms with Crippen molar-refractivity contribution in [3.63, 3.8) is 0 Å². The molecule has 0 aliphatic heterocycles. The summed E-state index contributed by atoms with van der Waals surface area (Å²) in [6.07, 6.45) is -1.47. The van der Waals surface area contributed by atoms with Gasteiger partial charge < -0.3 is 14.6 Å². The summed E-state index contributed by atoms with van der Waals surface area (Å²) in [6, 6.07) is 0. The number of carbonyl (C=O) groups excluding carboxylic acids is 1. The van der Waals surface area contributed by atoms with Gasteiger partial charge in [0, 0.05) is 5.60 Å². The van der Waals surface area contributed by atoms with Gasteiger partial charge in [-0.25, -0.2) is 0 Å². The van der Waals surface area contributed by atoms with Crippen molar-refractivity contribution >= 4 is 6.16 Å². The monoisotopic (exact) mass is 156 g/mol. The smallest absolute Gasteiger partial charge is 0.544 e. The van der Waals surface area contributed by atoms with E-state index in [2.05, 4.69) is 4.74 Å². The zero-order valence-corrected chi connectivity index (χ0v) is 9.35. The van der Waals surface area contributed by atoms with Gasteiger partial charge in [0.15, 0.2) is 0 Å². The van der Waals surface area contributed by atoms with Crippen molar-refractivity contribution < 1.29 is 66.0 Å². The molecule has 0 aromatic heterocycles. The third-order valence-corrected chi connectivity index (χ3v) is 0.390. The van der Waals surface area contributed by atoms with Crippen LogP contribution in [0.15, 0.2) is 0 Å². The maximum absolute atomic E-state index is 9.68. The predicted molar refractivity (Wildman–Crippen MR) is 26.2 cm³/mol. The first-order valence-electron chi connectivity index (χ1n) is 2.32. The van der Waals surface area contributed by atoms with Crippen LogP contribution >= 0.6 is 0 Å². The van der Waals surface area contributed by atoms with Crippen molar-refractivity contribution in [2.45, 2.75) is 26.4 Å². The van der Waals surface area contributed by atoms with E-state index in [1.165, 1.54) is 0 Å². The Kier molecular flexibility index (Phi) is 6.54. The molecular formula is C5H9KO3. The van der Waals surface area contributed by atoms with Crippen molar-refractivity contribution in [3.8, 4) is 0 Å². The third kappa shape index (κ3) is 12.2. The fourth-order valence-corrected chi connectivity index (χ4v) is 0.250. The van der Waals surface area contributed by atoms with Gasteiger partial charge in [-0.3, -0.25) is 0 Å². The normalized spacial score (nSPS) is 9.67. The summed E-state index contributed by atoms with van der Waals surface area (Å²) in [4.78, 5) is 9.68. The third-order valence-electron chi connectivity index (χ3n) is 0.390. The Morgan fingerprint density at radius 1 is 1.44 bits per heavy atom. The van der Waals surface area contributed by atoms with Crippen molar-refractivity contribution in [2.75, 3.05) is 0 Å². The average Bonchev–Trinajstić information content (AvgIpc) is 1.21. The minimum atomic E-state index is -1.47. The van der Waals surface area contributed by atoms with Gasteiger partial charge in [-0.1, -0.05) is 0 Å². The minimum absolute atomic E-state index is 0. The Morgan fingerprint density at radius 2 is 1.78 bits per heavy atom. The van der Waals surface area contributed by atoms with Gasteiger partial charge in [-0.05, 0) is 20.8 Å². The number of hydrogen-bond acceptors (Lipinski definition) is 3. The van der Waals surface area contributed by atoms with E-state index in [0.29, 0.717) is 0 Å². The molecule has 0 amide bonds. The van der Waals surface area contributed by atoms with Gasteiger partial charge in [0.1, 0.15) is 0 Å². The van der Waals surface area contributed by atoms with Crippen LogP contribution in [-0.2, 0) is 4.74 Å². The molecule has 0 aromatic carbocycles. The van der Waals surface area contributed by atoms with E-state index >= 15 is 0 Å². The second kappa shape index (κ2) is 4.68. The standard InChI is InChI=1S/C5H10O3.K/c1-5(2,3)8-4(6)7;/h1-3H3,(H,6,7);/q;+1/p-1. The Hall–Kier alpha value is 0.906. The van der Waals surface area contributed by atoms with Crippen LogP contribution in [0.25, 0.3) is 0 Å². The molecule has 48 valence electrons. The molecule has 9 heavy (non-hydrogen) atoms. The molecule has 0 heterocycles. The Bertz CT molecular complexity index is 94.9. The summed E-state index contributed by atoms with van der Waals surface area (Å²) < 4.78 is 4.24. The van der Waals surface area contributed by atoms with Crippen LogP contribution in [0.4, 0.5) is 4.79 Å². The van der Waals surface area contributed by atoms with Crippen molar-refractivity contribution in [1.29, 1.82) is 0 Å². The van der Waals surface area contributed by atoms with Gasteiger partial charge in [0.2, 0.25) is 0 Å². The molecule has 0 fully saturated rings.